The Bertz CT molecular complexity index is 535. The van der Waals surface area contributed by atoms with Gasteiger partial charge in [0.1, 0.15) is 12.2 Å². The van der Waals surface area contributed by atoms with Crippen LogP contribution in [0.5, 0.6) is 0 Å². The minimum absolute atomic E-state index is 0.141. The molecular formula is C20H35NO7. The van der Waals surface area contributed by atoms with Crippen LogP contribution >= 0.6 is 0 Å². The zero-order chi connectivity index (χ0) is 21.9. The number of rotatable bonds is 12. The van der Waals surface area contributed by atoms with E-state index in [0.29, 0.717) is 12.3 Å². The fourth-order valence-electron chi connectivity index (χ4n) is 1.97. The number of carbonyl (C=O) groups excluding carboxylic acids is 4. The van der Waals surface area contributed by atoms with Crippen LogP contribution < -0.4 is 5.32 Å². The third kappa shape index (κ3) is 12.4. The third-order valence-electron chi connectivity index (χ3n) is 3.54. The van der Waals surface area contributed by atoms with Crippen LogP contribution in [0.25, 0.3) is 0 Å². The fraction of sp³-hybridized carbons (Fsp3) is 0.800. The zero-order valence-corrected chi connectivity index (χ0v) is 18.1. The van der Waals surface area contributed by atoms with Crippen molar-refractivity contribution in [2.45, 2.75) is 79.4 Å². The Morgan fingerprint density at radius 2 is 1.57 bits per heavy atom. The lowest BCUT2D eigenvalue weighted by molar-refractivity contribution is -0.173. The van der Waals surface area contributed by atoms with E-state index in [9.17, 15) is 19.2 Å². The predicted octanol–water partition coefficient (Wildman–Crippen LogP) is 2.38. The molecule has 0 rings (SSSR count). The summed E-state index contributed by atoms with van der Waals surface area (Å²) in [6, 6.07) is -1.59. The van der Waals surface area contributed by atoms with Crippen molar-refractivity contribution in [3.05, 3.63) is 0 Å². The summed E-state index contributed by atoms with van der Waals surface area (Å²) in [6.07, 6.45) is 1.68. The highest BCUT2D eigenvalue weighted by Crippen LogP contribution is 2.10. The van der Waals surface area contributed by atoms with E-state index in [0.717, 1.165) is 6.42 Å². The molecule has 1 unspecified atom stereocenters. The number of amides is 1. The Morgan fingerprint density at radius 1 is 0.964 bits per heavy atom. The summed E-state index contributed by atoms with van der Waals surface area (Å²) < 4.78 is 15.1. The van der Waals surface area contributed by atoms with E-state index in [1.54, 1.807) is 34.6 Å². The molecule has 0 aliphatic rings. The van der Waals surface area contributed by atoms with Crippen LogP contribution in [-0.2, 0) is 33.4 Å². The summed E-state index contributed by atoms with van der Waals surface area (Å²) >= 11 is 0. The van der Waals surface area contributed by atoms with Crippen molar-refractivity contribution in [2.75, 3.05) is 13.4 Å². The normalized spacial score (nSPS) is 12.6. The molecule has 0 saturated heterocycles. The van der Waals surface area contributed by atoms with Gasteiger partial charge in [0, 0.05) is 12.3 Å². The SMILES string of the molecule is CC(C)CCCC(=O)NC(C(=O)OCOCC(=O)C(C)C)C(=O)OC(C)(C)C. The lowest BCUT2D eigenvalue weighted by atomic mass is 10.1. The van der Waals surface area contributed by atoms with Gasteiger partial charge in [0.2, 0.25) is 11.9 Å². The Morgan fingerprint density at radius 3 is 2.07 bits per heavy atom. The van der Waals surface area contributed by atoms with Crippen LogP contribution in [0.15, 0.2) is 0 Å². The van der Waals surface area contributed by atoms with Crippen molar-refractivity contribution in [3.63, 3.8) is 0 Å². The second kappa shape index (κ2) is 12.5. The standard InChI is InChI=1S/C20H35NO7/c1-13(2)9-8-10-16(23)21-17(19(25)28-20(5,6)7)18(24)27-12-26-11-15(22)14(3)4/h13-14,17H,8-12H2,1-7H3,(H,21,23). The highest BCUT2D eigenvalue weighted by molar-refractivity contribution is 6.02. The molecule has 0 aromatic carbocycles. The van der Waals surface area contributed by atoms with Gasteiger partial charge in [-0.3, -0.25) is 9.59 Å². The van der Waals surface area contributed by atoms with E-state index >= 15 is 0 Å². The maximum atomic E-state index is 12.3. The molecule has 1 amide bonds. The zero-order valence-electron chi connectivity index (χ0n) is 18.1. The largest absolute Gasteiger partial charge is 0.458 e. The lowest BCUT2D eigenvalue weighted by Gasteiger charge is -2.23. The molecule has 162 valence electrons. The molecule has 8 nitrogen and oxygen atoms in total. The molecule has 28 heavy (non-hydrogen) atoms. The molecule has 1 atom stereocenters. The Balaban J connectivity index is 4.78. The van der Waals surface area contributed by atoms with Crippen LogP contribution in [-0.4, -0.2) is 48.7 Å². The van der Waals surface area contributed by atoms with Gasteiger partial charge in [-0.1, -0.05) is 34.1 Å². The van der Waals surface area contributed by atoms with E-state index < -0.39 is 36.3 Å². The Hall–Kier alpha value is -1.96. The monoisotopic (exact) mass is 401 g/mol. The first-order chi connectivity index (χ1) is 12.8. The first-order valence-corrected chi connectivity index (χ1v) is 9.62. The van der Waals surface area contributed by atoms with Gasteiger partial charge in [-0.25, -0.2) is 9.59 Å². The van der Waals surface area contributed by atoms with Crippen molar-refractivity contribution in [2.24, 2.45) is 11.8 Å². The highest BCUT2D eigenvalue weighted by atomic mass is 16.7. The molecule has 0 saturated carbocycles. The number of hydrogen-bond donors (Lipinski definition) is 1. The summed E-state index contributed by atoms with van der Waals surface area (Å²) in [5.41, 5.74) is -0.835. The van der Waals surface area contributed by atoms with E-state index in [1.165, 1.54) is 0 Å². The van der Waals surface area contributed by atoms with Crippen LogP contribution in [0.2, 0.25) is 0 Å². The van der Waals surface area contributed by atoms with Crippen molar-refractivity contribution in [1.82, 2.24) is 5.32 Å². The predicted molar refractivity (Wildman–Crippen MR) is 103 cm³/mol. The average molecular weight is 402 g/mol. The number of ether oxygens (including phenoxy) is 3. The third-order valence-corrected chi connectivity index (χ3v) is 3.54. The van der Waals surface area contributed by atoms with Gasteiger partial charge < -0.3 is 19.5 Å². The summed E-state index contributed by atoms with van der Waals surface area (Å²) in [4.78, 5) is 48.2. The number of ketones is 1. The van der Waals surface area contributed by atoms with Gasteiger partial charge in [-0.05, 0) is 33.1 Å². The summed E-state index contributed by atoms with van der Waals surface area (Å²) in [7, 11) is 0. The van der Waals surface area contributed by atoms with Crippen molar-refractivity contribution >= 4 is 23.6 Å². The van der Waals surface area contributed by atoms with Crippen LogP contribution in [0.1, 0.15) is 67.7 Å². The molecule has 8 heteroatoms. The maximum absolute atomic E-state index is 12.3. The Labute approximate surface area is 167 Å². The van der Waals surface area contributed by atoms with Gasteiger partial charge in [-0.2, -0.15) is 0 Å². The van der Waals surface area contributed by atoms with E-state index in [2.05, 4.69) is 5.32 Å². The molecule has 0 radical (unpaired) electrons. The van der Waals surface area contributed by atoms with Crippen LogP contribution in [0.3, 0.4) is 0 Å². The number of Topliss-reactive ketones (excluding diaryl/α,β-unsaturated/α-hetero) is 1. The van der Waals surface area contributed by atoms with Gasteiger partial charge in [0.05, 0.1) is 0 Å². The minimum Gasteiger partial charge on any atom is -0.458 e. The molecule has 0 bridgehead atoms. The molecule has 0 fully saturated rings. The van der Waals surface area contributed by atoms with Crippen molar-refractivity contribution in [1.29, 1.82) is 0 Å². The molecule has 0 spiro atoms. The van der Waals surface area contributed by atoms with Crippen molar-refractivity contribution in [3.8, 4) is 0 Å². The van der Waals surface area contributed by atoms with Gasteiger partial charge in [-0.15, -0.1) is 0 Å². The number of esters is 2. The number of carbonyl (C=O) groups is 4. The minimum atomic E-state index is -1.59. The second-order valence-corrected chi connectivity index (χ2v) is 8.37. The fourth-order valence-corrected chi connectivity index (χ4v) is 1.97. The quantitative estimate of drug-likeness (QED) is 0.231. The summed E-state index contributed by atoms with van der Waals surface area (Å²) in [5, 5.41) is 2.37. The topological polar surface area (TPSA) is 108 Å². The average Bonchev–Trinajstić information content (AvgIpc) is 2.53. The smallest absolute Gasteiger partial charge is 0.342 e. The lowest BCUT2D eigenvalue weighted by Crippen LogP contribution is -2.50. The Kier molecular flexibility index (Phi) is 11.6. The van der Waals surface area contributed by atoms with E-state index in [1.807, 2.05) is 13.8 Å². The molecule has 0 aliphatic heterocycles. The second-order valence-electron chi connectivity index (χ2n) is 8.37. The first kappa shape index (κ1) is 26.0. The van der Waals surface area contributed by atoms with Gasteiger partial charge in [0.25, 0.3) is 0 Å². The molecule has 0 aromatic rings. The van der Waals surface area contributed by atoms with Crippen LogP contribution in [0.4, 0.5) is 0 Å². The molecule has 0 aliphatic carbocycles. The molecular weight excluding hydrogens is 366 g/mol. The van der Waals surface area contributed by atoms with E-state index in [-0.39, 0.29) is 24.7 Å². The molecule has 0 aromatic heterocycles. The number of hydrogen-bond acceptors (Lipinski definition) is 7. The highest BCUT2D eigenvalue weighted by Gasteiger charge is 2.34. The number of nitrogens with one attached hydrogen (secondary N) is 1. The maximum Gasteiger partial charge on any atom is 0.342 e. The van der Waals surface area contributed by atoms with Gasteiger partial charge in [0.15, 0.2) is 12.6 Å². The summed E-state index contributed by atoms with van der Waals surface area (Å²) in [6.45, 7) is 11.8. The molecule has 0 heterocycles. The van der Waals surface area contributed by atoms with Crippen LogP contribution in [0, 0.1) is 11.8 Å². The van der Waals surface area contributed by atoms with Gasteiger partial charge >= 0.3 is 11.9 Å². The first-order valence-electron chi connectivity index (χ1n) is 9.62. The molecule has 1 N–H and O–H groups in total. The van der Waals surface area contributed by atoms with E-state index in [4.69, 9.17) is 14.2 Å². The summed E-state index contributed by atoms with van der Waals surface area (Å²) in [5.74, 6) is -2.24. The van der Waals surface area contributed by atoms with Crippen molar-refractivity contribution < 1.29 is 33.4 Å².